The first-order valence-electron chi connectivity index (χ1n) is 5.74. The summed E-state index contributed by atoms with van der Waals surface area (Å²) in [6.45, 7) is 0. The molecule has 0 bridgehead atoms. The van der Waals surface area contributed by atoms with Crippen LogP contribution in [0.5, 0.6) is 0 Å². The Kier molecular flexibility index (Phi) is 2.38. The van der Waals surface area contributed by atoms with E-state index in [9.17, 15) is 4.79 Å². The summed E-state index contributed by atoms with van der Waals surface area (Å²) in [6.07, 6.45) is 4.74. The van der Waals surface area contributed by atoms with E-state index in [0.29, 0.717) is 0 Å². The van der Waals surface area contributed by atoms with Crippen molar-refractivity contribution in [2.75, 3.05) is 5.32 Å². The van der Waals surface area contributed by atoms with Gasteiger partial charge in [-0.25, -0.2) is 0 Å². The van der Waals surface area contributed by atoms with E-state index in [4.69, 9.17) is 5.73 Å². The molecule has 1 fully saturated rings. The van der Waals surface area contributed by atoms with Crippen LogP contribution in [0, 0.1) is 0 Å². The topological polar surface area (TPSA) is 85.8 Å². The number of carbonyl (C=O) groups is 1. The Morgan fingerprint density at radius 2 is 1.83 bits per heavy atom. The van der Waals surface area contributed by atoms with Gasteiger partial charge < -0.3 is 11.1 Å². The molecule has 1 aromatic heterocycles. The summed E-state index contributed by atoms with van der Waals surface area (Å²) < 4.78 is 0. The largest absolute Gasteiger partial charge is 0.324 e. The van der Waals surface area contributed by atoms with Crippen molar-refractivity contribution < 1.29 is 4.79 Å². The van der Waals surface area contributed by atoms with Gasteiger partial charge in [0.1, 0.15) is 0 Å². The van der Waals surface area contributed by atoms with Crippen molar-refractivity contribution in [2.45, 2.75) is 18.4 Å². The number of nitrogens with two attached hydrogens (primary N) is 1. The SMILES string of the molecule is NC1(C(=O)Nc2ccc(-n3nccn3)cc2)CC1. The number of aromatic nitrogens is 3. The Morgan fingerprint density at radius 3 is 2.39 bits per heavy atom. The Labute approximate surface area is 104 Å². The Morgan fingerprint density at radius 1 is 1.22 bits per heavy atom. The summed E-state index contributed by atoms with van der Waals surface area (Å²) in [6, 6.07) is 7.29. The van der Waals surface area contributed by atoms with Gasteiger partial charge in [0, 0.05) is 5.69 Å². The van der Waals surface area contributed by atoms with Crippen molar-refractivity contribution in [3.63, 3.8) is 0 Å². The lowest BCUT2D eigenvalue weighted by Gasteiger charge is -2.10. The second-order valence-corrected chi connectivity index (χ2v) is 4.48. The summed E-state index contributed by atoms with van der Waals surface area (Å²) >= 11 is 0. The van der Waals surface area contributed by atoms with E-state index in [2.05, 4.69) is 15.5 Å². The second kappa shape index (κ2) is 3.92. The van der Waals surface area contributed by atoms with Crippen molar-refractivity contribution in [1.82, 2.24) is 15.0 Å². The molecule has 3 N–H and O–H groups in total. The molecule has 0 aliphatic heterocycles. The summed E-state index contributed by atoms with van der Waals surface area (Å²) in [5, 5.41) is 10.9. The molecule has 0 unspecified atom stereocenters. The minimum absolute atomic E-state index is 0.118. The highest BCUT2D eigenvalue weighted by atomic mass is 16.2. The Hall–Kier alpha value is -2.21. The summed E-state index contributed by atoms with van der Waals surface area (Å²) in [5.41, 5.74) is 6.73. The first-order chi connectivity index (χ1) is 8.67. The third-order valence-corrected chi connectivity index (χ3v) is 3.02. The van der Waals surface area contributed by atoms with E-state index < -0.39 is 5.54 Å². The van der Waals surface area contributed by atoms with Gasteiger partial charge in [-0.15, -0.1) is 0 Å². The molecule has 1 saturated carbocycles. The highest BCUT2D eigenvalue weighted by Gasteiger charge is 2.45. The lowest BCUT2D eigenvalue weighted by molar-refractivity contribution is -0.118. The molecule has 1 aromatic carbocycles. The van der Waals surface area contributed by atoms with E-state index in [1.165, 1.54) is 4.80 Å². The average molecular weight is 243 g/mol. The molecule has 1 aliphatic carbocycles. The molecule has 6 heteroatoms. The van der Waals surface area contributed by atoms with Crippen LogP contribution >= 0.6 is 0 Å². The van der Waals surface area contributed by atoms with Crippen LogP contribution in [0.2, 0.25) is 0 Å². The molecule has 6 nitrogen and oxygen atoms in total. The molecule has 0 spiro atoms. The molecular formula is C12H13N5O. The van der Waals surface area contributed by atoms with Gasteiger partial charge in [0.2, 0.25) is 5.91 Å². The fourth-order valence-corrected chi connectivity index (χ4v) is 1.64. The van der Waals surface area contributed by atoms with Crippen molar-refractivity contribution in [3.8, 4) is 5.69 Å². The van der Waals surface area contributed by atoms with E-state index in [-0.39, 0.29) is 5.91 Å². The van der Waals surface area contributed by atoms with Gasteiger partial charge in [-0.05, 0) is 37.1 Å². The maximum absolute atomic E-state index is 11.7. The highest BCUT2D eigenvalue weighted by molar-refractivity contribution is 6.00. The number of amides is 1. The summed E-state index contributed by atoms with van der Waals surface area (Å²) in [5.74, 6) is -0.118. The fourth-order valence-electron chi connectivity index (χ4n) is 1.64. The number of carbonyl (C=O) groups excluding carboxylic acids is 1. The number of hydrogen-bond donors (Lipinski definition) is 2. The molecular weight excluding hydrogens is 230 g/mol. The number of hydrogen-bond acceptors (Lipinski definition) is 4. The quantitative estimate of drug-likeness (QED) is 0.830. The van der Waals surface area contributed by atoms with E-state index in [1.807, 2.05) is 24.3 Å². The molecule has 92 valence electrons. The fraction of sp³-hybridized carbons (Fsp3) is 0.250. The van der Waals surface area contributed by atoms with Gasteiger partial charge in [-0.3, -0.25) is 4.79 Å². The monoisotopic (exact) mass is 243 g/mol. The van der Waals surface area contributed by atoms with E-state index >= 15 is 0 Å². The first-order valence-corrected chi connectivity index (χ1v) is 5.74. The number of anilines is 1. The number of rotatable bonds is 3. The third kappa shape index (κ3) is 1.98. The minimum Gasteiger partial charge on any atom is -0.324 e. The molecule has 0 saturated heterocycles. The normalized spacial score (nSPS) is 16.3. The molecule has 0 atom stereocenters. The van der Waals surface area contributed by atoms with Crippen LogP contribution in [-0.2, 0) is 4.79 Å². The van der Waals surface area contributed by atoms with Crippen LogP contribution in [0.25, 0.3) is 5.69 Å². The second-order valence-electron chi connectivity index (χ2n) is 4.48. The molecule has 2 aromatic rings. The zero-order valence-electron chi connectivity index (χ0n) is 9.71. The standard InChI is InChI=1S/C12H13N5O/c13-12(5-6-12)11(18)16-9-1-3-10(4-2-9)17-14-7-8-15-17/h1-4,7-8H,5-6,13H2,(H,16,18). The van der Waals surface area contributed by atoms with Crippen molar-refractivity contribution in [2.24, 2.45) is 5.73 Å². The lowest BCUT2D eigenvalue weighted by atomic mass is 10.2. The third-order valence-electron chi connectivity index (χ3n) is 3.02. The smallest absolute Gasteiger partial charge is 0.244 e. The molecule has 3 rings (SSSR count). The van der Waals surface area contributed by atoms with E-state index in [0.717, 1.165) is 24.2 Å². The maximum atomic E-state index is 11.7. The first kappa shape index (κ1) is 10.9. The van der Waals surface area contributed by atoms with Crippen molar-refractivity contribution in [1.29, 1.82) is 0 Å². The predicted molar refractivity (Wildman–Crippen MR) is 66.1 cm³/mol. The average Bonchev–Trinajstić information content (AvgIpc) is 2.94. The Bertz CT molecular complexity index is 557. The van der Waals surface area contributed by atoms with Gasteiger partial charge >= 0.3 is 0 Å². The number of nitrogens with one attached hydrogen (secondary N) is 1. The minimum atomic E-state index is -0.651. The number of benzene rings is 1. The summed E-state index contributed by atoms with van der Waals surface area (Å²) in [4.78, 5) is 13.3. The molecule has 1 aliphatic rings. The van der Waals surface area contributed by atoms with Crippen LogP contribution in [0.15, 0.2) is 36.7 Å². The number of nitrogens with zero attached hydrogens (tertiary/aromatic N) is 3. The van der Waals surface area contributed by atoms with Crippen molar-refractivity contribution in [3.05, 3.63) is 36.7 Å². The zero-order chi connectivity index (χ0) is 12.6. The predicted octanol–water partition coefficient (Wildman–Crippen LogP) is 0.697. The highest BCUT2D eigenvalue weighted by Crippen LogP contribution is 2.33. The molecule has 18 heavy (non-hydrogen) atoms. The Balaban J connectivity index is 1.73. The molecule has 0 radical (unpaired) electrons. The van der Waals surface area contributed by atoms with Gasteiger partial charge in [0.15, 0.2) is 0 Å². The van der Waals surface area contributed by atoms with Crippen LogP contribution in [-0.4, -0.2) is 26.4 Å². The molecule has 1 amide bonds. The molecule has 1 heterocycles. The van der Waals surface area contributed by atoms with Gasteiger partial charge in [0.05, 0.1) is 23.6 Å². The summed E-state index contributed by atoms with van der Waals surface area (Å²) in [7, 11) is 0. The van der Waals surface area contributed by atoms with Crippen LogP contribution in [0.3, 0.4) is 0 Å². The van der Waals surface area contributed by atoms with Crippen LogP contribution < -0.4 is 11.1 Å². The van der Waals surface area contributed by atoms with Gasteiger partial charge in [0.25, 0.3) is 0 Å². The lowest BCUT2D eigenvalue weighted by Crippen LogP contribution is -2.37. The zero-order valence-corrected chi connectivity index (χ0v) is 9.71. The van der Waals surface area contributed by atoms with Crippen molar-refractivity contribution >= 4 is 11.6 Å². The maximum Gasteiger partial charge on any atom is 0.244 e. The van der Waals surface area contributed by atoms with E-state index in [1.54, 1.807) is 12.4 Å². The van der Waals surface area contributed by atoms with Crippen LogP contribution in [0.1, 0.15) is 12.8 Å². The van der Waals surface area contributed by atoms with Crippen LogP contribution in [0.4, 0.5) is 5.69 Å². The van der Waals surface area contributed by atoms with Gasteiger partial charge in [-0.2, -0.15) is 15.0 Å². The van der Waals surface area contributed by atoms with Gasteiger partial charge in [-0.1, -0.05) is 0 Å².